The van der Waals surface area contributed by atoms with Crippen LogP contribution in [0.15, 0.2) is 23.4 Å². The van der Waals surface area contributed by atoms with E-state index >= 15 is 0 Å². The number of nitrogens with zero attached hydrogens (tertiary/aromatic N) is 3. The summed E-state index contributed by atoms with van der Waals surface area (Å²) < 4.78 is 1.50. The summed E-state index contributed by atoms with van der Waals surface area (Å²) in [5, 5.41) is 11.5. The number of hydrogen-bond acceptors (Lipinski definition) is 5. The maximum Gasteiger partial charge on any atom is 0.237 e. The van der Waals surface area contributed by atoms with E-state index in [2.05, 4.69) is 29.4 Å². The lowest BCUT2D eigenvalue weighted by Gasteiger charge is -2.16. The number of hydrogen-bond donors (Lipinski definition) is 2. The Balaban J connectivity index is 2.05. The van der Waals surface area contributed by atoms with Gasteiger partial charge in [-0.15, -0.1) is 10.2 Å². The minimum Gasteiger partial charge on any atom is -0.336 e. The van der Waals surface area contributed by atoms with E-state index in [1.54, 1.807) is 0 Å². The third kappa shape index (κ3) is 4.75. The number of nitrogens with one attached hydrogen (secondary N) is 1. The van der Waals surface area contributed by atoms with Crippen molar-refractivity contribution >= 4 is 23.4 Å². The summed E-state index contributed by atoms with van der Waals surface area (Å²) in [6.07, 6.45) is 3.76. The Hall–Kier alpha value is -2.02. The van der Waals surface area contributed by atoms with Crippen LogP contribution in [-0.2, 0) is 17.6 Å². The molecule has 0 aliphatic carbocycles. The van der Waals surface area contributed by atoms with Gasteiger partial charge in [0.05, 0.1) is 5.25 Å². The number of aromatic nitrogens is 3. The van der Waals surface area contributed by atoms with E-state index in [1.807, 2.05) is 32.0 Å². The van der Waals surface area contributed by atoms with Gasteiger partial charge in [0.1, 0.15) is 0 Å². The second-order valence-electron chi connectivity index (χ2n) is 6.08. The molecule has 0 bridgehead atoms. The van der Waals surface area contributed by atoms with Crippen LogP contribution in [0.1, 0.15) is 50.6 Å². The van der Waals surface area contributed by atoms with Crippen molar-refractivity contribution in [3.63, 3.8) is 0 Å². The maximum atomic E-state index is 12.6. The van der Waals surface area contributed by atoms with Gasteiger partial charge in [0.2, 0.25) is 11.1 Å². The average Bonchev–Trinajstić information content (AvgIpc) is 2.94. The summed E-state index contributed by atoms with van der Waals surface area (Å²) >= 11 is 1.32. The number of anilines is 1. The van der Waals surface area contributed by atoms with Gasteiger partial charge in [-0.25, -0.2) is 4.68 Å². The summed E-state index contributed by atoms with van der Waals surface area (Å²) in [6.45, 7) is 8.06. The Morgan fingerprint density at radius 3 is 2.80 bits per heavy atom. The van der Waals surface area contributed by atoms with Crippen molar-refractivity contribution in [2.75, 3.05) is 11.2 Å². The average molecular weight is 362 g/mol. The number of nitrogens with two attached hydrogens (primary N) is 1. The number of benzene rings is 1. The number of amides is 1. The van der Waals surface area contributed by atoms with E-state index in [1.165, 1.54) is 16.4 Å². The highest BCUT2D eigenvalue weighted by molar-refractivity contribution is 8.00. The lowest BCUT2D eigenvalue weighted by Crippen LogP contribution is -2.25. The molecule has 2 aromatic rings. The van der Waals surface area contributed by atoms with Crippen molar-refractivity contribution in [2.24, 2.45) is 0 Å². The van der Waals surface area contributed by atoms with Gasteiger partial charge in [0, 0.05) is 12.1 Å². The number of rotatable bonds is 8. The quantitative estimate of drug-likeness (QED) is 0.556. The standard InChI is InChI=1S/C18H27N5OS/c1-5-7-11-15-21-22-18(23(15)19)25-13(4)17(24)20-16-12(3)9-8-10-14(16)6-2/h8-10,13H,5-7,11,19H2,1-4H3,(H,20,24)/t13-/m1/s1. The molecule has 0 unspecified atom stereocenters. The number of thioether (sulfide) groups is 1. The lowest BCUT2D eigenvalue weighted by atomic mass is 10.1. The summed E-state index contributed by atoms with van der Waals surface area (Å²) in [6, 6.07) is 6.05. The third-order valence-corrected chi connectivity index (χ3v) is 5.19. The second kappa shape index (κ2) is 8.89. The molecule has 0 aliphatic rings. The van der Waals surface area contributed by atoms with E-state index in [0.717, 1.165) is 48.3 Å². The van der Waals surface area contributed by atoms with Crippen LogP contribution in [0.4, 0.5) is 5.69 Å². The van der Waals surface area contributed by atoms with Crippen LogP contribution < -0.4 is 11.2 Å². The molecule has 3 N–H and O–H groups in total. The van der Waals surface area contributed by atoms with Crippen molar-refractivity contribution in [3.8, 4) is 0 Å². The highest BCUT2D eigenvalue weighted by atomic mass is 32.2. The second-order valence-corrected chi connectivity index (χ2v) is 7.39. The molecule has 1 amide bonds. The zero-order chi connectivity index (χ0) is 18.4. The van der Waals surface area contributed by atoms with Gasteiger partial charge >= 0.3 is 0 Å². The minimum atomic E-state index is -0.324. The number of carbonyl (C=O) groups is 1. The Labute approximate surface area is 153 Å². The van der Waals surface area contributed by atoms with Crippen molar-refractivity contribution in [1.82, 2.24) is 14.9 Å². The van der Waals surface area contributed by atoms with Gasteiger partial charge < -0.3 is 11.2 Å². The Morgan fingerprint density at radius 1 is 1.36 bits per heavy atom. The van der Waals surface area contributed by atoms with E-state index in [9.17, 15) is 4.79 Å². The molecule has 0 saturated heterocycles. The monoisotopic (exact) mass is 361 g/mol. The Kier molecular flexibility index (Phi) is 6.87. The molecule has 0 radical (unpaired) electrons. The fourth-order valence-corrected chi connectivity index (χ4v) is 3.32. The van der Waals surface area contributed by atoms with Crippen LogP contribution >= 0.6 is 11.8 Å². The molecule has 1 heterocycles. The molecule has 136 valence electrons. The van der Waals surface area contributed by atoms with Crippen LogP contribution in [0.3, 0.4) is 0 Å². The van der Waals surface area contributed by atoms with Crippen LogP contribution in [0.25, 0.3) is 0 Å². The number of aryl methyl sites for hydroxylation is 3. The Morgan fingerprint density at radius 2 is 2.12 bits per heavy atom. The molecular weight excluding hydrogens is 334 g/mol. The predicted octanol–water partition coefficient (Wildman–Crippen LogP) is 3.32. The fraction of sp³-hybridized carbons (Fsp3) is 0.500. The van der Waals surface area contributed by atoms with Crippen molar-refractivity contribution in [3.05, 3.63) is 35.2 Å². The minimum absolute atomic E-state index is 0.0629. The van der Waals surface area contributed by atoms with E-state index in [-0.39, 0.29) is 11.2 Å². The molecule has 25 heavy (non-hydrogen) atoms. The normalized spacial score (nSPS) is 12.2. The number of para-hydroxylation sites is 1. The first kappa shape index (κ1) is 19.3. The number of nitrogen functional groups attached to an aromatic ring is 1. The molecule has 0 spiro atoms. The topological polar surface area (TPSA) is 85.8 Å². The SMILES string of the molecule is CCCCc1nnc(S[C@H](C)C(=O)Nc2c(C)cccc2CC)n1N. The molecule has 1 aromatic carbocycles. The predicted molar refractivity (Wildman–Crippen MR) is 103 cm³/mol. The van der Waals surface area contributed by atoms with Crippen molar-refractivity contribution < 1.29 is 4.79 Å². The molecule has 6 nitrogen and oxygen atoms in total. The highest BCUT2D eigenvalue weighted by Gasteiger charge is 2.20. The van der Waals surface area contributed by atoms with Gasteiger partial charge in [-0.1, -0.05) is 50.2 Å². The summed E-state index contributed by atoms with van der Waals surface area (Å²) in [7, 11) is 0. The number of unbranched alkanes of at least 4 members (excludes halogenated alkanes) is 1. The largest absolute Gasteiger partial charge is 0.336 e. The first-order valence-corrected chi connectivity index (χ1v) is 9.61. The van der Waals surface area contributed by atoms with Gasteiger partial charge in [-0.2, -0.15) is 0 Å². The van der Waals surface area contributed by atoms with E-state index in [0.29, 0.717) is 5.16 Å². The highest BCUT2D eigenvalue weighted by Crippen LogP contribution is 2.25. The molecule has 1 aromatic heterocycles. The first-order chi connectivity index (χ1) is 12.0. The summed E-state index contributed by atoms with van der Waals surface area (Å²) in [5.74, 6) is 6.74. The maximum absolute atomic E-state index is 12.6. The fourth-order valence-electron chi connectivity index (χ4n) is 2.53. The number of carbonyl (C=O) groups excluding carboxylic acids is 1. The zero-order valence-electron chi connectivity index (χ0n) is 15.4. The van der Waals surface area contributed by atoms with Gasteiger partial charge in [0.25, 0.3) is 0 Å². The molecule has 0 fully saturated rings. The van der Waals surface area contributed by atoms with E-state index in [4.69, 9.17) is 5.84 Å². The van der Waals surface area contributed by atoms with Gasteiger partial charge in [0.15, 0.2) is 5.82 Å². The van der Waals surface area contributed by atoms with Gasteiger partial charge in [-0.3, -0.25) is 4.79 Å². The zero-order valence-corrected chi connectivity index (χ0v) is 16.2. The smallest absolute Gasteiger partial charge is 0.237 e. The van der Waals surface area contributed by atoms with Crippen molar-refractivity contribution in [1.29, 1.82) is 0 Å². The Bertz CT molecular complexity index is 728. The lowest BCUT2D eigenvalue weighted by molar-refractivity contribution is -0.115. The molecule has 1 atom stereocenters. The van der Waals surface area contributed by atoms with E-state index < -0.39 is 0 Å². The molecule has 0 saturated carbocycles. The van der Waals surface area contributed by atoms with Gasteiger partial charge in [-0.05, 0) is 37.8 Å². The van der Waals surface area contributed by atoms with Crippen molar-refractivity contribution in [2.45, 2.75) is 63.8 Å². The molecule has 2 rings (SSSR count). The summed E-state index contributed by atoms with van der Waals surface area (Å²) in [4.78, 5) is 12.6. The summed E-state index contributed by atoms with van der Waals surface area (Å²) in [5.41, 5.74) is 3.10. The van der Waals surface area contributed by atoms with Crippen LogP contribution in [-0.4, -0.2) is 26.0 Å². The molecule has 7 heteroatoms. The molecule has 0 aliphatic heterocycles. The first-order valence-electron chi connectivity index (χ1n) is 8.73. The third-order valence-electron chi connectivity index (χ3n) is 4.13. The van der Waals surface area contributed by atoms with Crippen LogP contribution in [0.5, 0.6) is 0 Å². The molecular formula is C18H27N5OS. The van der Waals surface area contributed by atoms with Crippen LogP contribution in [0.2, 0.25) is 0 Å². The van der Waals surface area contributed by atoms with Crippen LogP contribution in [0, 0.1) is 6.92 Å².